The molecule has 0 unspecified atom stereocenters. The molecule has 0 bridgehead atoms. The number of nitrogens with two attached hydrogens (primary N) is 1. The number of benzene rings is 1. The minimum absolute atomic E-state index is 0.0204. The second-order valence-electron chi connectivity index (χ2n) is 3.36. The number of aromatic hydroxyl groups is 1. The molecule has 18 heavy (non-hydrogen) atoms. The number of nitrogens with zero attached hydrogens (tertiary/aromatic N) is 2. The molecular weight excluding hydrogens is 244 g/mol. The summed E-state index contributed by atoms with van der Waals surface area (Å²) >= 11 is 0. The molecule has 0 fully saturated rings. The first-order valence-electron chi connectivity index (χ1n) is 4.93. The summed E-state index contributed by atoms with van der Waals surface area (Å²) in [6.45, 7) is -2.93. The largest absolute Gasteiger partial charge is 0.507 e. The molecule has 0 atom stereocenters. The van der Waals surface area contributed by atoms with Crippen LogP contribution in [0.1, 0.15) is 0 Å². The van der Waals surface area contributed by atoms with Crippen molar-refractivity contribution in [3.63, 3.8) is 0 Å². The van der Waals surface area contributed by atoms with Gasteiger partial charge in [0.1, 0.15) is 11.5 Å². The van der Waals surface area contributed by atoms with Gasteiger partial charge in [-0.05, 0) is 24.3 Å². The lowest BCUT2D eigenvalue weighted by atomic mass is 10.1. The third kappa shape index (κ3) is 2.62. The first-order chi connectivity index (χ1) is 8.56. The van der Waals surface area contributed by atoms with Gasteiger partial charge in [0.2, 0.25) is 5.95 Å². The van der Waals surface area contributed by atoms with Crippen molar-refractivity contribution in [2.75, 3.05) is 5.73 Å². The molecule has 1 aromatic heterocycles. The Morgan fingerprint density at radius 3 is 2.72 bits per heavy atom. The van der Waals surface area contributed by atoms with Crippen LogP contribution in [0.5, 0.6) is 11.5 Å². The molecule has 1 heterocycles. The van der Waals surface area contributed by atoms with E-state index in [4.69, 9.17) is 5.73 Å². The first-order valence-corrected chi connectivity index (χ1v) is 4.93. The van der Waals surface area contributed by atoms with Gasteiger partial charge in [-0.3, -0.25) is 0 Å². The smallest absolute Gasteiger partial charge is 0.387 e. The van der Waals surface area contributed by atoms with Crippen LogP contribution in [0.3, 0.4) is 0 Å². The van der Waals surface area contributed by atoms with E-state index < -0.39 is 6.61 Å². The number of halogens is 2. The zero-order valence-electron chi connectivity index (χ0n) is 9.05. The standard InChI is InChI=1S/C11H9F2N3O2/c12-10(13)18-6-1-2-9(17)7(5-6)8-3-4-15-11(14)16-8/h1-5,10,17H,(H2,14,15,16). The predicted octanol–water partition coefficient (Wildman–Crippen LogP) is 2.03. The quantitative estimate of drug-likeness (QED) is 0.874. The van der Waals surface area contributed by atoms with Gasteiger partial charge in [-0.2, -0.15) is 8.78 Å². The molecule has 0 aliphatic rings. The summed E-state index contributed by atoms with van der Waals surface area (Å²) in [5.41, 5.74) is 5.97. The van der Waals surface area contributed by atoms with Crippen LogP contribution >= 0.6 is 0 Å². The third-order valence-corrected chi connectivity index (χ3v) is 2.14. The Balaban J connectivity index is 2.43. The Morgan fingerprint density at radius 1 is 1.28 bits per heavy atom. The van der Waals surface area contributed by atoms with E-state index in [0.717, 1.165) is 0 Å². The predicted molar refractivity (Wildman–Crippen MR) is 60.2 cm³/mol. The fourth-order valence-electron chi connectivity index (χ4n) is 1.42. The van der Waals surface area contributed by atoms with Crippen molar-refractivity contribution in [3.05, 3.63) is 30.5 Å². The fourth-order valence-corrected chi connectivity index (χ4v) is 1.42. The maximum Gasteiger partial charge on any atom is 0.387 e. The van der Waals surface area contributed by atoms with Crippen molar-refractivity contribution in [2.45, 2.75) is 6.61 Å². The van der Waals surface area contributed by atoms with Gasteiger partial charge in [-0.15, -0.1) is 0 Å². The van der Waals surface area contributed by atoms with Crippen molar-refractivity contribution >= 4 is 5.95 Å². The normalized spacial score (nSPS) is 10.6. The minimum atomic E-state index is -2.93. The van der Waals surface area contributed by atoms with Crippen molar-refractivity contribution in [2.24, 2.45) is 0 Å². The molecule has 3 N–H and O–H groups in total. The zero-order valence-corrected chi connectivity index (χ0v) is 9.05. The highest BCUT2D eigenvalue weighted by Gasteiger charge is 2.11. The molecule has 0 spiro atoms. The van der Waals surface area contributed by atoms with Gasteiger partial charge in [0.15, 0.2) is 0 Å². The van der Waals surface area contributed by atoms with E-state index in [2.05, 4.69) is 14.7 Å². The average molecular weight is 253 g/mol. The molecule has 1 aromatic carbocycles. The number of alkyl halides is 2. The van der Waals surface area contributed by atoms with Crippen LogP contribution in [0.25, 0.3) is 11.3 Å². The van der Waals surface area contributed by atoms with Gasteiger partial charge in [0.25, 0.3) is 0 Å². The molecule has 0 aliphatic heterocycles. The van der Waals surface area contributed by atoms with Gasteiger partial charge in [0, 0.05) is 11.8 Å². The highest BCUT2D eigenvalue weighted by Crippen LogP contribution is 2.31. The molecular formula is C11H9F2N3O2. The monoisotopic (exact) mass is 253 g/mol. The van der Waals surface area contributed by atoms with Gasteiger partial charge >= 0.3 is 6.61 Å². The van der Waals surface area contributed by atoms with E-state index in [9.17, 15) is 13.9 Å². The van der Waals surface area contributed by atoms with Crippen molar-refractivity contribution < 1.29 is 18.6 Å². The van der Waals surface area contributed by atoms with Crippen molar-refractivity contribution in [3.8, 4) is 22.8 Å². The third-order valence-electron chi connectivity index (χ3n) is 2.14. The minimum Gasteiger partial charge on any atom is -0.507 e. The van der Waals surface area contributed by atoms with Gasteiger partial charge < -0.3 is 15.6 Å². The Kier molecular flexibility index (Phi) is 3.22. The molecule has 0 aliphatic carbocycles. The van der Waals surface area contributed by atoms with E-state index in [-0.39, 0.29) is 23.0 Å². The lowest BCUT2D eigenvalue weighted by Crippen LogP contribution is -2.02. The summed E-state index contributed by atoms with van der Waals surface area (Å²) in [6.07, 6.45) is 1.40. The van der Waals surface area contributed by atoms with Crippen LogP contribution < -0.4 is 10.5 Å². The number of anilines is 1. The number of aromatic nitrogens is 2. The topological polar surface area (TPSA) is 81.3 Å². The van der Waals surface area contributed by atoms with Crippen molar-refractivity contribution in [1.82, 2.24) is 9.97 Å². The molecule has 0 saturated heterocycles. The Hall–Kier alpha value is -2.44. The highest BCUT2D eigenvalue weighted by atomic mass is 19.3. The summed E-state index contributed by atoms with van der Waals surface area (Å²) < 4.78 is 28.4. The van der Waals surface area contributed by atoms with Gasteiger partial charge in [-0.25, -0.2) is 9.97 Å². The van der Waals surface area contributed by atoms with E-state index in [1.165, 1.54) is 30.5 Å². The Morgan fingerprint density at radius 2 is 2.06 bits per heavy atom. The number of phenolic OH excluding ortho intramolecular Hbond substituents is 1. The molecule has 2 rings (SSSR count). The van der Waals surface area contributed by atoms with Gasteiger partial charge in [0.05, 0.1) is 5.69 Å². The molecule has 7 heteroatoms. The zero-order chi connectivity index (χ0) is 13.1. The number of phenols is 1. The summed E-state index contributed by atoms with van der Waals surface area (Å²) in [5, 5.41) is 9.67. The molecule has 2 aromatic rings. The number of hydrogen-bond acceptors (Lipinski definition) is 5. The lowest BCUT2D eigenvalue weighted by Gasteiger charge is -2.08. The SMILES string of the molecule is Nc1nccc(-c2cc(OC(F)F)ccc2O)n1. The summed E-state index contributed by atoms with van der Waals surface area (Å²) in [7, 11) is 0. The molecule has 5 nitrogen and oxygen atoms in total. The van der Waals surface area contributed by atoms with Crippen molar-refractivity contribution in [1.29, 1.82) is 0 Å². The van der Waals surface area contributed by atoms with Crippen LogP contribution in [0.2, 0.25) is 0 Å². The molecule has 94 valence electrons. The summed E-state index contributed by atoms with van der Waals surface area (Å²) in [5.74, 6) is -0.170. The molecule has 0 radical (unpaired) electrons. The maximum atomic E-state index is 12.1. The number of nitrogen functional groups attached to an aromatic ring is 1. The average Bonchev–Trinajstić information content (AvgIpc) is 2.31. The number of ether oxygens (including phenoxy) is 1. The maximum absolute atomic E-state index is 12.1. The first kappa shape index (κ1) is 12.0. The van der Waals surface area contributed by atoms with Crippen LogP contribution in [-0.2, 0) is 0 Å². The van der Waals surface area contributed by atoms with E-state index in [1.807, 2.05) is 0 Å². The van der Waals surface area contributed by atoms with Crippen LogP contribution in [0.15, 0.2) is 30.5 Å². The molecule has 0 saturated carbocycles. The Labute approximate surface area is 101 Å². The van der Waals surface area contributed by atoms with E-state index >= 15 is 0 Å². The summed E-state index contributed by atoms with van der Waals surface area (Å²) in [6, 6.07) is 5.22. The fraction of sp³-hybridized carbons (Fsp3) is 0.0909. The highest BCUT2D eigenvalue weighted by molar-refractivity contribution is 5.68. The van der Waals surface area contributed by atoms with Crippen LogP contribution in [0.4, 0.5) is 14.7 Å². The number of rotatable bonds is 3. The number of hydrogen-bond donors (Lipinski definition) is 2. The Bertz CT molecular complexity index is 564. The summed E-state index contributed by atoms with van der Waals surface area (Å²) in [4.78, 5) is 7.59. The van der Waals surface area contributed by atoms with Crippen LogP contribution in [0, 0.1) is 0 Å². The van der Waals surface area contributed by atoms with E-state index in [1.54, 1.807) is 0 Å². The molecule has 0 amide bonds. The van der Waals surface area contributed by atoms with Gasteiger partial charge in [-0.1, -0.05) is 0 Å². The second kappa shape index (κ2) is 4.82. The van der Waals surface area contributed by atoms with Crippen LogP contribution in [-0.4, -0.2) is 21.7 Å². The lowest BCUT2D eigenvalue weighted by molar-refractivity contribution is -0.0498. The second-order valence-corrected chi connectivity index (χ2v) is 3.36. The van der Waals surface area contributed by atoms with E-state index in [0.29, 0.717) is 5.69 Å².